The highest BCUT2D eigenvalue weighted by atomic mass is 16.5. The lowest BCUT2D eigenvalue weighted by Gasteiger charge is -2.22. The van der Waals surface area contributed by atoms with Crippen LogP contribution in [0.1, 0.15) is 27.7 Å². The molecule has 0 aliphatic heterocycles. The molecule has 0 spiro atoms. The fourth-order valence-electron chi connectivity index (χ4n) is 1.59. The fourth-order valence-corrected chi connectivity index (χ4v) is 1.59. The van der Waals surface area contributed by atoms with Gasteiger partial charge in [0.25, 0.3) is 0 Å². The quantitative estimate of drug-likeness (QED) is 0.654. The molecule has 0 saturated carbocycles. The van der Waals surface area contributed by atoms with E-state index in [1.54, 1.807) is 7.05 Å². The lowest BCUT2D eigenvalue weighted by atomic mass is 9.92. The molecule has 8 nitrogen and oxygen atoms in total. The van der Waals surface area contributed by atoms with Crippen LogP contribution in [0.5, 0.6) is 6.01 Å². The van der Waals surface area contributed by atoms with Crippen molar-refractivity contribution in [1.29, 1.82) is 0 Å². The number of carbonyl (C=O) groups is 1. The van der Waals surface area contributed by atoms with Crippen LogP contribution in [-0.2, 0) is 4.79 Å². The Hall–Kier alpha value is -2.12. The zero-order valence-electron chi connectivity index (χ0n) is 13.3. The largest absolute Gasteiger partial charge is 0.464 e. The summed E-state index contributed by atoms with van der Waals surface area (Å²) in [4.78, 5) is 24.3. The van der Waals surface area contributed by atoms with Gasteiger partial charge in [0.1, 0.15) is 0 Å². The lowest BCUT2D eigenvalue weighted by Crippen LogP contribution is -2.39. The second kappa shape index (κ2) is 7.61. The third-order valence-electron chi connectivity index (χ3n) is 2.75. The van der Waals surface area contributed by atoms with E-state index in [-0.39, 0.29) is 11.9 Å². The fraction of sp³-hybridized carbons (Fsp3) is 0.692. The maximum Gasteiger partial charge on any atom is 0.323 e. The highest BCUT2D eigenvalue weighted by molar-refractivity contribution is 5.82. The average molecular weight is 296 g/mol. The number of aromatic nitrogens is 3. The topological polar surface area (TPSA) is 101 Å². The number of ether oxygens (including phenoxy) is 1. The van der Waals surface area contributed by atoms with Gasteiger partial charge in [0.15, 0.2) is 0 Å². The van der Waals surface area contributed by atoms with Crippen LogP contribution < -0.4 is 20.7 Å². The number of nitrogens with one attached hydrogen (secondary N) is 3. The summed E-state index contributed by atoms with van der Waals surface area (Å²) in [6, 6.07) is 0.253. The molecule has 118 valence electrons. The molecule has 0 aliphatic rings. The van der Waals surface area contributed by atoms with E-state index >= 15 is 0 Å². The van der Waals surface area contributed by atoms with E-state index in [2.05, 4.69) is 30.9 Å². The zero-order valence-corrected chi connectivity index (χ0v) is 13.3. The van der Waals surface area contributed by atoms with Gasteiger partial charge in [-0.05, 0) is 27.7 Å². The predicted octanol–water partition coefficient (Wildman–Crippen LogP) is 0.886. The molecule has 21 heavy (non-hydrogen) atoms. The third-order valence-corrected chi connectivity index (χ3v) is 2.75. The van der Waals surface area contributed by atoms with Crippen LogP contribution in [0, 0.1) is 5.41 Å². The summed E-state index contributed by atoms with van der Waals surface area (Å²) in [6.07, 6.45) is 0. The first kappa shape index (κ1) is 16.9. The van der Waals surface area contributed by atoms with Crippen molar-refractivity contribution in [2.24, 2.45) is 5.41 Å². The Bertz CT molecular complexity index is 453. The van der Waals surface area contributed by atoms with Gasteiger partial charge in [-0.1, -0.05) is 0 Å². The van der Waals surface area contributed by atoms with Crippen LogP contribution in [-0.4, -0.2) is 47.6 Å². The highest BCUT2D eigenvalue weighted by Crippen LogP contribution is 2.17. The van der Waals surface area contributed by atoms with Crippen LogP contribution >= 0.6 is 0 Å². The van der Waals surface area contributed by atoms with Gasteiger partial charge >= 0.3 is 6.01 Å². The maximum atomic E-state index is 11.8. The highest BCUT2D eigenvalue weighted by Gasteiger charge is 2.26. The maximum absolute atomic E-state index is 11.8. The molecule has 0 radical (unpaired) electrons. The van der Waals surface area contributed by atoms with E-state index in [1.165, 1.54) is 0 Å². The van der Waals surface area contributed by atoms with E-state index in [9.17, 15) is 4.79 Å². The summed E-state index contributed by atoms with van der Waals surface area (Å²) in [5, 5.41) is 8.71. The number of rotatable bonds is 8. The Morgan fingerprint density at radius 3 is 2.29 bits per heavy atom. The first-order valence-electron chi connectivity index (χ1n) is 7.01. The molecule has 1 aromatic rings. The van der Waals surface area contributed by atoms with Gasteiger partial charge in [-0.15, -0.1) is 0 Å². The molecule has 0 saturated heterocycles. The predicted molar refractivity (Wildman–Crippen MR) is 81.5 cm³/mol. The molecule has 1 rings (SSSR count). The standard InChI is InChI=1S/C13H24N6O2/c1-6-15-10-17-11(19-12(18-10)21-7-2)16-8-13(3,4)9(20)14-5/h6-8H2,1-5H3,(H,14,20)(H2,15,16,17,18,19). The molecule has 0 bridgehead atoms. The van der Waals surface area contributed by atoms with Gasteiger partial charge in [-0.3, -0.25) is 4.79 Å². The average Bonchev–Trinajstić information content (AvgIpc) is 2.45. The number of amides is 1. The van der Waals surface area contributed by atoms with E-state index in [0.29, 0.717) is 31.6 Å². The van der Waals surface area contributed by atoms with Crippen LogP contribution in [0.2, 0.25) is 0 Å². The first-order chi connectivity index (χ1) is 9.92. The Balaban J connectivity index is 2.84. The second-order valence-electron chi connectivity index (χ2n) is 5.05. The van der Waals surface area contributed by atoms with Crippen molar-refractivity contribution in [1.82, 2.24) is 20.3 Å². The molecule has 1 aromatic heterocycles. The molecule has 0 atom stereocenters. The number of anilines is 2. The molecule has 0 aliphatic carbocycles. The zero-order chi connectivity index (χ0) is 15.9. The second-order valence-corrected chi connectivity index (χ2v) is 5.05. The SMILES string of the molecule is CCNc1nc(NCC(C)(C)C(=O)NC)nc(OCC)n1. The molecular weight excluding hydrogens is 272 g/mol. The summed E-state index contributed by atoms with van der Waals surface area (Å²) in [6.45, 7) is 9.05. The van der Waals surface area contributed by atoms with Gasteiger partial charge in [-0.2, -0.15) is 15.0 Å². The van der Waals surface area contributed by atoms with E-state index in [4.69, 9.17) is 4.74 Å². The number of carbonyl (C=O) groups excluding carboxylic acids is 1. The minimum atomic E-state index is -0.578. The number of nitrogens with zero attached hydrogens (tertiary/aromatic N) is 3. The molecule has 3 N–H and O–H groups in total. The van der Waals surface area contributed by atoms with Crippen molar-refractivity contribution in [3.8, 4) is 6.01 Å². The lowest BCUT2D eigenvalue weighted by molar-refractivity contribution is -0.128. The summed E-state index contributed by atoms with van der Waals surface area (Å²) in [5.41, 5.74) is -0.578. The van der Waals surface area contributed by atoms with Crippen molar-refractivity contribution in [2.45, 2.75) is 27.7 Å². The van der Waals surface area contributed by atoms with Crippen LogP contribution in [0.25, 0.3) is 0 Å². The Morgan fingerprint density at radius 1 is 1.14 bits per heavy atom. The van der Waals surface area contributed by atoms with Gasteiger partial charge in [0.2, 0.25) is 17.8 Å². The van der Waals surface area contributed by atoms with Crippen molar-refractivity contribution in [3.05, 3.63) is 0 Å². The van der Waals surface area contributed by atoms with Crippen molar-refractivity contribution in [2.75, 3.05) is 37.4 Å². The van der Waals surface area contributed by atoms with E-state index in [0.717, 1.165) is 0 Å². The summed E-state index contributed by atoms with van der Waals surface area (Å²) >= 11 is 0. The van der Waals surface area contributed by atoms with Gasteiger partial charge in [0.05, 0.1) is 12.0 Å². The van der Waals surface area contributed by atoms with Crippen molar-refractivity contribution >= 4 is 17.8 Å². The minimum absolute atomic E-state index is 0.0546. The van der Waals surface area contributed by atoms with Crippen LogP contribution in [0.3, 0.4) is 0 Å². The number of hydrogen-bond acceptors (Lipinski definition) is 7. The molecule has 0 fully saturated rings. The molecule has 1 amide bonds. The van der Waals surface area contributed by atoms with Gasteiger partial charge < -0.3 is 20.7 Å². The molecule has 0 aromatic carbocycles. The van der Waals surface area contributed by atoms with Gasteiger partial charge in [0, 0.05) is 20.1 Å². The molecule has 1 heterocycles. The molecule has 0 unspecified atom stereocenters. The van der Waals surface area contributed by atoms with E-state index in [1.807, 2.05) is 27.7 Å². The first-order valence-corrected chi connectivity index (χ1v) is 7.01. The molecular formula is C13H24N6O2. The summed E-state index contributed by atoms with van der Waals surface area (Å²) in [7, 11) is 1.61. The van der Waals surface area contributed by atoms with Crippen LogP contribution in [0.4, 0.5) is 11.9 Å². The Morgan fingerprint density at radius 2 is 1.76 bits per heavy atom. The van der Waals surface area contributed by atoms with Crippen molar-refractivity contribution in [3.63, 3.8) is 0 Å². The normalized spacial score (nSPS) is 10.9. The molecule has 8 heteroatoms. The summed E-state index contributed by atoms with van der Waals surface area (Å²) < 4.78 is 5.31. The van der Waals surface area contributed by atoms with Gasteiger partial charge in [-0.25, -0.2) is 0 Å². The van der Waals surface area contributed by atoms with E-state index < -0.39 is 5.41 Å². The summed E-state index contributed by atoms with van der Waals surface area (Å²) in [5.74, 6) is 0.763. The number of hydrogen-bond donors (Lipinski definition) is 3. The third kappa shape index (κ3) is 5.05. The van der Waals surface area contributed by atoms with Crippen LogP contribution in [0.15, 0.2) is 0 Å². The minimum Gasteiger partial charge on any atom is -0.464 e. The monoisotopic (exact) mass is 296 g/mol. The Labute approximate surface area is 125 Å². The van der Waals surface area contributed by atoms with Crippen molar-refractivity contribution < 1.29 is 9.53 Å². The smallest absolute Gasteiger partial charge is 0.323 e. The Kier molecular flexibility index (Phi) is 6.13.